The van der Waals surface area contributed by atoms with Crippen LogP contribution in [0.15, 0.2) is 18.6 Å². The molecule has 0 spiro atoms. The number of quaternary nitrogens is 1. The highest BCUT2D eigenvalue weighted by Crippen LogP contribution is 2.45. The molecule has 35 heavy (non-hydrogen) atoms. The van der Waals surface area contributed by atoms with Crippen molar-refractivity contribution >= 4 is 17.7 Å². The van der Waals surface area contributed by atoms with Crippen molar-refractivity contribution in [1.82, 2.24) is 9.97 Å². The van der Waals surface area contributed by atoms with Gasteiger partial charge >= 0.3 is 5.97 Å². The predicted octanol–water partition coefficient (Wildman–Crippen LogP) is 3.46. The van der Waals surface area contributed by atoms with Gasteiger partial charge in [0.15, 0.2) is 24.1 Å². The molecule has 5 fully saturated rings. The molecule has 2 bridgehead atoms. The molecule has 2 N–H and O–H groups in total. The maximum atomic E-state index is 13.8. The fourth-order valence-corrected chi connectivity index (χ4v) is 7.41. The normalized spacial score (nSPS) is 30.1. The van der Waals surface area contributed by atoms with E-state index in [1.807, 2.05) is 0 Å². The number of fused-ring (bicyclic) bond motifs is 3. The van der Waals surface area contributed by atoms with Crippen molar-refractivity contribution in [2.75, 3.05) is 31.5 Å². The first kappa shape index (κ1) is 24.6. The standard InChI is InChI=1S/C27H40N4O4/c32-25(30-24-17-28-13-14-29-24)19-31-15-11-20(12-16-31)23(18-31)35-26(33)27(34,21-7-3-1-4-8-21)22-9-5-2-6-10-22/h13-14,17,20-23,34H,1-12,15-16,18-19H2/p+1/t20?,23-,31?/m0/s1. The Kier molecular flexibility index (Phi) is 7.39. The number of nitrogens with zero attached hydrogens (tertiary/aromatic N) is 3. The molecule has 0 aromatic carbocycles. The minimum Gasteiger partial charge on any atom is -0.454 e. The largest absolute Gasteiger partial charge is 0.454 e. The average molecular weight is 486 g/mol. The zero-order valence-corrected chi connectivity index (χ0v) is 20.9. The lowest BCUT2D eigenvalue weighted by Crippen LogP contribution is -2.67. The third-order valence-corrected chi connectivity index (χ3v) is 9.39. The molecular weight excluding hydrogens is 444 g/mol. The quantitative estimate of drug-likeness (QED) is 0.453. The second kappa shape index (κ2) is 10.5. The van der Waals surface area contributed by atoms with E-state index in [0.717, 1.165) is 77.3 Å². The molecule has 1 amide bonds. The molecule has 8 heteroatoms. The number of anilines is 1. The molecule has 0 radical (unpaired) electrons. The Labute approximate surface area is 208 Å². The van der Waals surface area contributed by atoms with Crippen LogP contribution in [0, 0.1) is 17.8 Å². The Bertz CT molecular complexity index is 856. The van der Waals surface area contributed by atoms with Crippen molar-refractivity contribution < 1.29 is 23.9 Å². The number of esters is 1. The Balaban J connectivity index is 1.27. The number of hydrogen-bond acceptors (Lipinski definition) is 6. The van der Waals surface area contributed by atoms with Crippen LogP contribution in [0.4, 0.5) is 5.82 Å². The number of carbonyl (C=O) groups is 2. The fourth-order valence-electron chi connectivity index (χ4n) is 7.41. The summed E-state index contributed by atoms with van der Waals surface area (Å²) in [6, 6.07) is 0. The number of carbonyl (C=O) groups excluding carboxylic acids is 2. The first-order valence-electron chi connectivity index (χ1n) is 13.8. The van der Waals surface area contributed by atoms with Crippen LogP contribution in [-0.2, 0) is 14.3 Å². The van der Waals surface area contributed by atoms with Crippen LogP contribution in [0.2, 0.25) is 0 Å². The van der Waals surface area contributed by atoms with Crippen molar-refractivity contribution in [2.45, 2.75) is 88.8 Å². The molecule has 3 aliphatic heterocycles. The van der Waals surface area contributed by atoms with E-state index in [9.17, 15) is 14.7 Å². The summed E-state index contributed by atoms with van der Waals surface area (Å²) < 4.78 is 6.89. The van der Waals surface area contributed by atoms with Gasteiger partial charge < -0.3 is 19.6 Å². The molecule has 5 aliphatic rings. The van der Waals surface area contributed by atoms with Crippen LogP contribution in [0.1, 0.15) is 77.0 Å². The molecule has 3 saturated heterocycles. The van der Waals surface area contributed by atoms with E-state index in [1.165, 1.54) is 12.8 Å². The molecule has 6 rings (SSSR count). The number of hydrogen-bond donors (Lipinski definition) is 2. The van der Waals surface area contributed by atoms with Gasteiger partial charge in [-0.1, -0.05) is 38.5 Å². The van der Waals surface area contributed by atoms with Gasteiger partial charge in [-0.05, 0) is 37.5 Å². The summed E-state index contributed by atoms with van der Waals surface area (Å²) in [5, 5.41) is 14.9. The molecule has 1 aromatic heterocycles. The third kappa shape index (κ3) is 5.24. The van der Waals surface area contributed by atoms with Gasteiger partial charge in [0.25, 0.3) is 5.91 Å². The van der Waals surface area contributed by atoms with E-state index >= 15 is 0 Å². The predicted molar refractivity (Wildman–Crippen MR) is 131 cm³/mol. The molecule has 8 nitrogen and oxygen atoms in total. The van der Waals surface area contributed by atoms with Crippen LogP contribution in [0.25, 0.3) is 0 Å². The van der Waals surface area contributed by atoms with Crippen LogP contribution < -0.4 is 5.32 Å². The Hall–Kier alpha value is -2.06. The van der Waals surface area contributed by atoms with Crippen LogP contribution in [-0.4, -0.2) is 69.3 Å². The highest BCUT2D eigenvalue weighted by Gasteiger charge is 2.54. The van der Waals surface area contributed by atoms with Crippen molar-refractivity contribution in [3.63, 3.8) is 0 Å². The minimum absolute atomic E-state index is 0.00818. The molecule has 2 saturated carbocycles. The molecule has 192 valence electrons. The summed E-state index contributed by atoms with van der Waals surface area (Å²) >= 11 is 0. The van der Waals surface area contributed by atoms with E-state index in [2.05, 4.69) is 15.3 Å². The first-order valence-corrected chi connectivity index (χ1v) is 13.8. The van der Waals surface area contributed by atoms with E-state index in [1.54, 1.807) is 18.6 Å². The lowest BCUT2D eigenvalue weighted by atomic mass is 9.66. The molecule has 1 aromatic rings. The monoisotopic (exact) mass is 485 g/mol. The third-order valence-electron chi connectivity index (χ3n) is 9.39. The Morgan fingerprint density at radius 2 is 1.60 bits per heavy atom. The van der Waals surface area contributed by atoms with Gasteiger partial charge in [-0.3, -0.25) is 9.78 Å². The van der Waals surface area contributed by atoms with Crippen molar-refractivity contribution in [3.05, 3.63) is 18.6 Å². The molecule has 1 atom stereocenters. The maximum absolute atomic E-state index is 13.8. The topological polar surface area (TPSA) is 101 Å². The van der Waals surface area contributed by atoms with Crippen LogP contribution in [0.5, 0.6) is 0 Å². The van der Waals surface area contributed by atoms with Gasteiger partial charge in [-0.25, -0.2) is 9.78 Å². The summed E-state index contributed by atoms with van der Waals surface area (Å²) in [6.45, 7) is 2.83. The number of nitrogens with one attached hydrogen (secondary N) is 1. The van der Waals surface area contributed by atoms with Crippen molar-refractivity contribution in [1.29, 1.82) is 0 Å². The van der Waals surface area contributed by atoms with Gasteiger partial charge in [-0.15, -0.1) is 0 Å². The summed E-state index contributed by atoms with van der Waals surface area (Å²) in [6.07, 6.45) is 16.7. The number of amides is 1. The zero-order chi connectivity index (χ0) is 24.3. The lowest BCUT2D eigenvalue weighted by molar-refractivity contribution is -0.939. The molecule has 4 heterocycles. The van der Waals surface area contributed by atoms with E-state index in [4.69, 9.17) is 4.74 Å². The lowest BCUT2D eigenvalue weighted by Gasteiger charge is -2.52. The summed E-state index contributed by atoms with van der Waals surface area (Å²) in [5.41, 5.74) is -1.36. The molecule has 2 aliphatic carbocycles. The van der Waals surface area contributed by atoms with Gasteiger partial charge in [0, 0.05) is 31.2 Å². The fraction of sp³-hybridized carbons (Fsp3) is 0.778. The second-order valence-electron chi connectivity index (χ2n) is 11.5. The number of ether oxygens (including phenoxy) is 1. The summed E-state index contributed by atoms with van der Waals surface area (Å²) in [5.74, 6) is 0.330. The second-order valence-corrected chi connectivity index (χ2v) is 11.5. The number of aromatic nitrogens is 2. The van der Waals surface area contributed by atoms with E-state index < -0.39 is 5.60 Å². The van der Waals surface area contributed by atoms with E-state index in [0.29, 0.717) is 29.3 Å². The van der Waals surface area contributed by atoms with Crippen LogP contribution >= 0.6 is 0 Å². The number of aliphatic hydroxyl groups is 1. The van der Waals surface area contributed by atoms with Crippen LogP contribution in [0.3, 0.4) is 0 Å². The minimum atomic E-state index is -1.36. The Morgan fingerprint density at radius 3 is 2.17 bits per heavy atom. The van der Waals surface area contributed by atoms with Gasteiger partial charge in [0.1, 0.15) is 6.54 Å². The molecule has 0 unspecified atom stereocenters. The summed E-state index contributed by atoms with van der Waals surface area (Å²) in [7, 11) is 0. The average Bonchev–Trinajstić information content (AvgIpc) is 2.90. The van der Waals surface area contributed by atoms with E-state index in [-0.39, 0.29) is 29.8 Å². The maximum Gasteiger partial charge on any atom is 0.339 e. The number of piperidine rings is 3. The Morgan fingerprint density at radius 1 is 0.971 bits per heavy atom. The highest BCUT2D eigenvalue weighted by molar-refractivity contribution is 5.90. The smallest absolute Gasteiger partial charge is 0.339 e. The van der Waals surface area contributed by atoms with Gasteiger partial charge in [0.05, 0.1) is 19.3 Å². The van der Waals surface area contributed by atoms with Gasteiger partial charge in [-0.2, -0.15) is 0 Å². The van der Waals surface area contributed by atoms with Crippen molar-refractivity contribution in [3.8, 4) is 0 Å². The zero-order valence-electron chi connectivity index (χ0n) is 20.9. The summed E-state index contributed by atoms with van der Waals surface area (Å²) in [4.78, 5) is 34.8. The van der Waals surface area contributed by atoms with Gasteiger partial charge in [0.2, 0.25) is 0 Å². The molecular formula is C27H41N4O4+. The SMILES string of the molecule is O=C(C[N+]12CCC(CC1)[C@@H](OC(=O)C(O)(C1CCCCC1)C1CCCCC1)C2)Nc1cnccn1. The first-order chi connectivity index (χ1) is 17.0. The number of rotatable bonds is 7. The highest BCUT2D eigenvalue weighted by atomic mass is 16.6. The van der Waals surface area contributed by atoms with Crippen molar-refractivity contribution in [2.24, 2.45) is 17.8 Å².